The van der Waals surface area contributed by atoms with Crippen molar-refractivity contribution in [3.05, 3.63) is 29.8 Å². The van der Waals surface area contributed by atoms with E-state index >= 15 is 0 Å². The summed E-state index contributed by atoms with van der Waals surface area (Å²) in [6.45, 7) is 0. The van der Waals surface area contributed by atoms with Gasteiger partial charge in [0.2, 0.25) is 0 Å². The van der Waals surface area contributed by atoms with E-state index in [1.165, 1.54) is 0 Å². The second-order valence-electron chi connectivity index (χ2n) is 4.28. The van der Waals surface area contributed by atoms with Gasteiger partial charge in [-0.15, -0.1) is 0 Å². The Morgan fingerprint density at radius 2 is 1.94 bits per heavy atom. The van der Waals surface area contributed by atoms with Gasteiger partial charge in [-0.05, 0) is 30.0 Å². The third-order valence-corrected chi connectivity index (χ3v) is 4.85. The molecule has 5 heteroatoms. The highest BCUT2D eigenvalue weighted by Crippen LogP contribution is 2.30. The Labute approximate surface area is 95.0 Å². The fourth-order valence-corrected chi connectivity index (χ4v) is 3.93. The van der Waals surface area contributed by atoms with Gasteiger partial charge in [0.25, 0.3) is 0 Å². The topological polar surface area (TPSA) is 80.4 Å². The third kappa shape index (κ3) is 2.36. The molecule has 2 atom stereocenters. The van der Waals surface area contributed by atoms with E-state index in [0.717, 1.165) is 5.56 Å². The number of rotatable bonds is 2. The molecule has 1 aliphatic rings. The lowest BCUT2D eigenvalue weighted by Gasteiger charge is -2.18. The maximum absolute atomic E-state index is 11.3. The van der Waals surface area contributed by atoms with Crippen LogP contribution in [0.1, 0.15) is 18.0 Å². The molecule has 0 aromatic heterocycles. The first-order valence-corrected chi connectivity index (χ1v) is 7.05. The first-order valence-electron chi connectivity index (χ1n) is 5.23. The summed E-state index contributed by atoms with van der Waals surface area (Å²) in [6.07, 6.45) is 0.629. The molecule has 0 radical (unpaired) electrons. The maximum Gasteiger partial charge on any atom is 0.150 e. The number of hydrogen-bond donors (Lipinski definition) is 2. The molecular weight excluding hydrogens is 226 g/mol. The summed E-state index contributed by atoms with van der Waals surface area (Å²) >= 11 is 0. The van der Waals surface area contributed by atoms with Crippen LogP contribution in [0.5, 0.6) is 5.75 Å². The van der Waals surface area contributed by atoms with Crippen molar-refractivity contribution in [3.8, 4) is 5.75 Å². The molecule has 1 fully saturated rings. The molecule has 0 bridgehead atoms. The van der Waals surface area contributed by atoms with Gasteiger partial charge in [-0.1, -0.05) is 12.1 Å². The van der Waals surface area contributed by atoms with Gasteiger partial charge in [-0.25, -0.2) is 8.42 Å². The van der Waals surface area contributed by atoms with Gasteiger partial charge in [-0.2, -0.15) is 0 Å². The van der Waals surface area contributed by atoms with Crippen molar-refractivity contribution in [1.29, 1.82) is 0 Å². The Kier molecular flexibility index (Phi) is 2.90. The maximum atomic E-state index is 11.3. The highest BCUT2D eigenvalue weighted by atomic mass is 32.2. The number of nitrogens with two attached hydrogens (primary N) is 1. The molecular formula is C11H15NO3S. The number of sulfone groups is 1. The van der Waals surface area contributed by atoms with E-state index in [1.807, 2.05) is 0 Å². The second kappa shape index (κ2) is 4.07. The van der Waals surface area contributed by atoms with E-state index in [9.17, 15) is 8.42 Å². The SMILES string of the molecule is NC(c1ccc(O)cc1)C1CCS(=O)(=O)C1. The number of benzene rings is 1. The smallest absolute Gasteiger partial charge is 0.150 e. The number of phenolic OH excluding ortho intramolecular Hbond substituents is 1. The normalized spacial score (nSPS) is 25.4. The van der Waals surface area contributed by atoms with Gasteiger partial charge >= 0.3 is 0 Å². The standard InChI is InChI=1S/C11H15NO3S/c12-11(8-1-3-10(13)4-2-8)9-5-6-16(14,15)7-9/h1-4,9,11,13H,5-7,12H2. The van der Waals surface area contributed by atoms with Crippen molar-refractivity contribution in [2.45, 2.75) is 12.5 Å². The zero-order valence-electron chi connectivity index (χ0n) is 8.83. The lowest BCUT2D eigenvalue weighted by molar-refractivity contribution is 0.468. The Hall–Kier alpha value is -1.07. The molecule has 1 heterocycles. The van der Waals surface area contributed by atoms with Crippen LogP contribution < -0.4 is 5.73 Å². The minimum absolute atomic E-state index is 0.00505. The molecule has 16 heavy (non-hydrogen) atoms. The molecule has 1 saturated heterocycles. The summed E-state index contributed by atoms with van der Waals surface area (Å²) in [5, 5.41) is 9.15. The molecule has 1 aromatic rings. The van der Waals surface area contributed by atoms with Crippen molar-refractivity contribution in [3.63, 3.8) is 0 Å². The largest absolute Gasteiger partial charge is 0.508 e. The van der Waals surface area contributed by atoms with Gasteiger partial charge in [0.15, 0.2) is 9.84 Å². The first-order chi connectivity index (χ1) is 7.48. The van der Waals surface area contributed by atoms with Crippen LogP contribution in [-0.4, -0.2) is 25.0 Å². The molecule has 88 valence electrons. The molecule has 0 spiro atoms. The molecule has 4 nitrogen and oxygen atoms in total. The summed E-state index contributed by atoms with van der Waals surface area (Å²) in [5.74, 6) is 0.600. The van der Waals surface area contributed by atoms with Crippen LogP contribution in [0, 0.1) is 5.92 Å². The van der Waals surface area contributed by atoms with Crippen molar-refractivity contribution in [1.82, 2.24) is 0 Å². The lowest BCUT2D eigenvalue weighted by Crippen LogP contribution is -2.22. The molecule has 0 amide bonds. The minimum Gasteiger partial charge on any atom is -0.508 e. The first kappa shape index (κ1) is 11.4. The van der Waals surface area contributed by atoms with E-state index in [2.05, 4.69) is 0 Å². The average molecular weight is 241 g/mol. The van der Waals surface area contributed by atoms with Gasteiger partial charge in [0.1, 0.15) is 5.75 Å². The predicted octanol–water partition coefficient (Wildman–Crippen LogP) is 0.827. The molecule has 2 rings (SSSR count). The summed E-state index contributed by atoms with van der Waals surface area (Å²) in [4.78, 5) is 0. The lowest BCUT2D eigenvalue weighted by atomic mass is 9.93. The highest BCUT2D eigenvalue weighted by molar-refractivity contribution is 7.91. The third-order valence-electron chi connectivity index (χ3n) is 3.05. The fraction of sp³-hybridized carbons (Fsp3) is 0.455. The summed E-state index contributed by atoms with van der Waals surface area (Å²) in [5.41, 5.74) is 6.90. The second-order valence-corrected chi connectivity index (χ2v) is 6.51. The van der Waals surface area contributed by atoms with E-state index in [0.29, 0.717) is 6.42 Å². The van der Waals surface area contributed by atoms with Crippen LogP contribution in [0.15, 0.2) is 24.3 Å². The zero-order chi connectivity index (χ0) is 11.8. The number of aromatic hydroxyl groups is 1. The Bertz CT molecular complexity index is 467. The highest BCUT2D eigenvalue weighted by Gasteiger charge is 2.32. The van der Waals surface area contributed by atoms with Crippen molar-refractivity contribution in [2.75, 3.05) is 11.5 Å². The van der Waals surface area contributed by atoms with Gasteiger partial charge in [0, 0.05) is 6.04 Å². The predicted molar refractivity (Wildman–Crippen MR) is 61.8 cm³/mol. The van der Waals surface area contributed by atoms with Crippen LogP contribution >= 0.6 is 0 Å². The molecule has 0 aliphatic carbocycles. The quantitative estimate of drug-likeness (QED) is 0.803. The molecule has 1 aliphatic heterocycles. The zero-order valence-corrected chi connectivity index (χ0v) is 9.65. The van der Waals surface area contributed by atoms with Crippen molar-refractivity contribution in [2.24, 2.45) is 11.7 Å². The summed E-state index contributed by atoms with van der Waals surface area (Å²) in [7, 11) is -2.89. The molecule has 2 unspecified atom stereocenters. The number of phenols is 1. The summed E-state index contributed by atoms with van der Waals surface area (Å²) < 4.78 is 22.7. The van der Waals surface area contributed by atoms with Crippen molar-refractivity contribution < 1.29 is 13.5 Å². The van der Waals surface area contributed by atoms with E-state index in [1.54, 1.807) is 24.3 Å². The Morgan fingerprint density at radius 3 is 2.44 bits per heavy atom. The van der Waals surface area contributed by atoms with Crippen LogP contribution in [-0.2, 0) is 9.84 Å². The van der Waals surface area contributed by atoms with Crippen molar-refractivity contribution >= 4 is 9.84 Å². The van der Waals surface area contributed by atoms with E-state index < -0.39 is 9.84 Å². The number of hydrogen-bond acceptors (Lipinski definition) is 4. The molecule has 1 aromatic carbocycles. The van der Waals surface area contributed by atoms with Gasteiger partial charge in [-0.3, -0.25) is 0 Å². The fourth-order valence-electron chi connectivity index (χ4n) is 2.08. The summed E-state index contributed by atoms with van der Waals surface area (Å²) in [6, 6.07) is 6.35. The molecule has 0 saturated carbocycles. The van der Waals surface area contributed by atoms with Gasteiger partial charge in [0.05, 0.1) is 11.5 Å². The average Bonchev–Trinajstić information content (AvgIpc) is 2.59. The van der Waals surface area contributed by atoms with Crippen LogP contribution in [0.3, 0.4) is 0 Å². The Balaban J connectivity index is 2.14. The minimum atomic E-state index is -2.89. The molecule has 3 N–H and O–H groups in total. The van der Waals surface area contributed by atoms with Crippen LogP contribution in [0.2, 0.25) is 0 Å². The van der Waals surface area contributed by atoms with Crippen LogP contribution in [0.25, 0.3) is 0 Å². The van der Waals surface area contributed by atoms with Crippen LogP contribution in [0.4, 0.5) is 0 Å². The van der Waals surface area contributed by atoms with E-state index in [-0.39, 0.29) is 29.2 Å². The Morgan fingerprint density at radius 1 is 1.31 bits per heavy atom. The van der Waals surface area contributed by atoms with E-state index in [4.69, 9.17) is 10.8 Å². The van der Waals surface area contributed by atoms with Gasteiger partial charge < -0.3 is 10.8 Å². The monoisotopic (exact) mass is 241 g/mol.